The van der Waals surface area contributed by atoms with Crippen LogP contribution in [0.3, 0.4) is 0 Å². The number of likely N-dealkylation sites (N-methyl/N-ethyl adjacent to an activating group) is 1. The predicted octanol–water partition coefficient (Wildman–Crippen LogP) is 4.59. The summed E-state index contributed by atoms with van der Waals surface area (Å²) < 4.78 is 11.4. The van der Waals surface area contributed by atoms with Crippen molar-refractivity contribution in [3.8, 4) is 11.5 Å². The van der Waals surface area contributed by atoms with Crippen LogP contribution < -0.4 is 14.8 Å². The molecule has 2 aromatic carbocycles. The van der Waals surface area contributed by atoms with Crippen molar-refractivity contribution in [3.63, 3.8) is 0 Å². The van der Waals surface area contributed by atoms with E-state index in [0.717, 1.165) is 50.6 Å². The Kier molecular flexibility index (Phi) is 14.7. The first-order valence-corrected chi connectivity index (χ1v) is 9.53. The Morgan fingerprint density at radius 3 is 2.25 bits per heavy atom. The van der Waals surface area contributed by atoms with Gasteiger partial charge in [0, 0.05) is 26.1 Å². The summed E-state index contributed by atoms with van der Waals surface area (Å²) in [6, 6.07) is 16.5. The molecule has 4 nitrogen and oxygen atoms in total. The summed E-state index contributed by atoms with van der Waals surface area (Å²) >= 11 is 0. The minimum Gasteiger partial charge on any atom is -0.493 e. The molecule has 0 bridgehead atoms. The lowest BCUT2D eigenvalue weighted by Gasteiger charge is -2.18. The highest BCUT2D eigenvalue weighted by atomic mass is 35.5. The molecule has 158 valence electrons. The number of hydrogen-bond acceptors (Lipinski definition) is 4. The summed E-state index contributed by atoms with van der Waals surface area (Å²) in [7, 11) is 1.69. The van der Waals surface area contributed by atoms with E-state index < -0.39 is 0 Å². The first kappa shape index (κ1) is 26.5. The molecule has 0 aliphatic carbocycles. The second-order valence-electron chi connectivity index (χ2n) is 6.27. The van der Waals surface area contributed by atoms with E-state index in [1.807, 2.05) is 12.1 Å². The molecule has 0 saturated carbocycles. The van der Waals surface area contributed by atoms with Crippen molar-refractivity contribution in [1.82, 2.24) is 10.2 Å². The molecule has 0 atom stereocenters. The third-order valence-corrected chi connectivity index (χ3v) is 4.55. The van der Waals surface area contributed by atoms with E-state index in [0.29, 0.717) is 6.61 Å². The van der Waals surface area contributed by atoms with E-state index in [1.165, 1.54) is 11.1 Å². The molecule has 0 fully saturated rings. The number of benzene rings is 2. The molecule has 2 rings (SSSR count). The van der Waals surface area contributed by atoms with E-state index in [4.69, 9.17) is 9.47 Å². The lowest BCUT2D eigenvalue weighted by Crippen LogP contribution is -2.31. The summed E-state index contributed by atoms with van der Waals surface area (Å²) in [5.41, 5.74) is 2.48. The maximum absolute atomic E-state index is 5.92. The van der Waals surface area contributed by atoms with Gasteiger partial charge in [-0.25, -0.2) is 0 Å². The molecular formula is C22H34Cl2N2O2. The van der Waals surface area contributed by atoms with E-state index in [1.54, 1.807) is 7.11 Å². The Bertz CT molecular complexity index is 638. The van der Waals surface area contributed by atoms with Crippen molar-refractivity contribution in [1.29, 1.82) is 0 Å². The maximum Gasteiger partial charge on any atom is 0.161 e. The zero-order chi connectivity index (χ0) is 18.6. The van der Waals surface area contributed by atoms with E-state index in [9.17, 15) is 0 Å². The molecule has 28 heavy (non-hydrogen) atoms. The van der Waals surface area contributed by atoms with Crippen molar-refractivity contribution in [3.05, 3.63) is 59.7 Å². The SMILES string of the molecule is CCN(CC)CCNCc1ccc(OCCc2ccccc2)c(OC)c1.Cl.Cl. The highest BCUT2D eigenvalue weighted by Gasteiger charge is 2.06. The summed E-state index contributed by atoms with van der Waals surface area (Å²) in [4.78, 5) is 2.41. The number of ether oxygens (including phenoxy) is 2. The molecule has 1 N–H and O–H groups in total. The van der Waals surface area contributed by atoms with Gasteiger partial charge in [0.05, 0.1) is 13.7 Å². The second-order valence-corrected chi connectivity index (χ2v) is 6.27. The van der Waals surface area contributed by atoms with Crippen molar-refractivity contribution < 1.29 is 9.47 Å². The van der Waals surface area contributed by atoms with Crippen molar-refractivity contribution >= 4 is 24.8 Å². The summed E-state index contributed by atoms with van der Waals surface area (Å²) in [6.45, 7) is 10.1. The molecule has 0 amide bonds. The van der Waals surface area contributed by atoms with Crippen LogP contribution in [0.1, 0.15) is 25.0 Å². The molecular weight excluding hydrogens is 395 g/mol. The molecule has 0 heterocycles. The van der Waals surface area contributed by atoms with Gasteiger partial charge in [0.2, 0.25) is 0 Å². The summed E-state index contributed by atoms with van der Waals surface area (Å²) in [6.07, 6.45) is 0.888. The van der Waals surface area contributed by atoms with Gasteiger partial charge in [-0.15, -0.1) is 24.8 Å². The van der Waals surface area contributed by atoms with Crippen LogP contribution >= 0.6 is 24.8 Å². The lowest BCUT2D eigenvalue weighted by atomic mass is 10.1. The smallest absolute Gasteiger partial charge is 0.161 e. The zero-order valence-corrected chi connectivity index (χ0v) is 18.8. The van der Waals surface area contributed by atoms with Gasteiger partial charge in [0.25, 0.3) is 0 Å². The fourth-order valence-corrected chi connectivity index (χ4v) is 2.87. The fourth-order valence-electron chi connectivity index (χ4n) is 2.87. The standard InChI is InChI=1S/C22H32N2O2.2ClH/c1-4-24(5-2)15-14-23-18-20-11-12-21(22(17-20)25-3)26-16-13-19-9-7-6-8-10-19;;/h6-12,17,23H,4-5,13-16,18H2,1-3H3;2*1H. The largest absolute Gasteiger partial charge is 0.493 e. The number of nitrogens with one attached hydrogen (secondary N) is 1. The van der Waals surface area contributed by atoms with Gasteiger partial charge in [-0.3, -0.25) is 0 Å². The van der Waals surface area contributed by atoms with Crippen LogP contribution in [-0.4, -0.2) is 44.8 Å². The van der Waals surface area contributed by atoms with Crippen LogP contribution in [0, 0.1) is 0 Å². The van der Waals surface area contributed by atoms with Crippen LogP contribution in [0.15, 0.2) is 48.5 Å². The second kappa shape index (κ2) is 15.5. The Morgan fingerprint density at radius 1 is 0.893 bits per heavy atom. The highest BCUT2D eigenvalue weighted by molar-refractivity contribution is 5.85. The molecule has 2 aromatic rings. The number of hydrogen-bond donors (Lipinski definition) is 1. The van der Waals surface area contributed by atoms with Gasteiger partial charge in [0.1, 0.15) is 0 Å². The third kappa shape index (κ3) is 9.16. The molecule has 0 aliphatic rings. The Hall–Kier alpha value is -1.46. The highest BCUT2D eigenvalue weighted by Crippen LogP contribution is 2.28. The van der Waals surface area contributed by atoms with Gasteiger partial charge in [-0.1, -0.05) is 50.2 Å². The molecule has 0 unspecified atom stereocenters. The van der Waals surface area contributed by atoms with Crippen molar-refractivity contribution in [2.75, 3.05) is 39.9 Å². The van der Waals surface area contributed by atoms with Gasteiger partial charge in [-0.05, 0) is 36.3 Å². The van der Waals surface area contributed by atoms with E-state index in [-0.39, 0.29) is 24.8 Å². The number of halogens is 2. The molecule has 0 aliphatic heterocycles. The van der Waals surface area contributed by atoms with Crippen LogP contribution in [0.4, 0.5) is 0 Å². The lowest BCUT2D eigenvalue weighted by molar-refractivity contribution is 0.297. The van der Waals surface area contributed by atoms with E-state index >= 15 is 0 Å². The first-order chi connectivity index (χ1) is 12.8. The monoisotopic (exact) mass is 428 g/mol. The van der Waals surface area contributed by atoms with E-state index in [2.05, 4.69) is 60.5 Å². The predicted molar refractivity (Wildman–Crippen MR) is 123 cm³/mol. The minimum atomic E-state index is 0. The van der Waals surface area contributed by atoms with Crippen LogP contribution in [0.25, 0.3) is 0 Å². The Balaban J connectivity index is 0.00000364. The average molecular weight is 429 g/mol. The number of methoxy groups -OCH3 is 1. The summed E-state index contributed by atoms with van der Waals surface area (Å²) in [5.74, 6) is 1.59. The quantitative estimate of drug-likeness (QED) is 0.501. The van der Waals surface area contributed by atoms with Crippen molar-refractivity contribution in [2.45, 2.75) is 26.8 Å². The average Bonchev–Trinajstić information content (AvgIpc) is 2.69. The fraction of sp³-hybridized carbons (Fsp3) is 0.455. The number of nitrogens with zero attached hydrogens (tertiary/aromatic N) is 1. The molecule has 0 spiro atoms. The summed E-state index contributed by atoms with van der Waals surface area (Å²) in [5, 5.41) is 3.50. The molecule has 0 saturated heterocycles. The third-order valence-electron chi connectivity index (χ3n) is 4.55. The normalized spacial score (nSPS) is 10.1. The maximum atomic E-state index is 5.92. The topological polar surface area (TPSA) is 33.7 Å². The zero-order valence-electron chi connectivity index (χ0n) is 17.1. The van der Waals surface area contributed by atoms with Crippen LogP contribution in [-0.2, 0) is 13.0 Å². The number of rotatable bonds is 12. The van der Waals surface area contributed by atoms with Crippen LogP contribution in [0.5, 0.6) is 11.5 Å². The molecule has 6 heteroatoms. The molecule has 0 aromatic heterocycles. The Morgan fingerprint density at radius 2 is 1.61 bits per heavy atom. The van der Waals surface area contributed by atoms with Gasteiger partial charge in [-0.2, -0.15) is 0 Å². The van der Waals surface area contributed by atoms with Crippen molar-refractivity contribution in [2.24, 2.45) is 0 Å². The van der Waals surface area contributed by atoms with Gasteiger partial charge in [0.15, 0.2) is 11.5 Å². The van der Waals surface area contributed by atoms with Crippen LogP contribution in [0.2, 0.25) is 0 Å². The van der Waals surface area contributed by atoms with Gasteiger partial charge >= 0.3 is 0 Å². The minimum absolute atomic E-state index is 0. The Labute approximate surface area is 182 Å². The van der Waals surface area contributed by atoms with Gasteiger partial charge < -0.3 is 19.7 Å². The first-order valence-electron chi connectivity index (χ1n) is 9.53. The molecule has 0 radical (unpaired) electrons.